The Morgan fingerprint density at radius 2 is 1.70 bits per heavy atom. The molecule has 0 fully saturated rings. The van der Waals surface area contributed by atoms with Crippen LogP contribution < -0.4 is 0 Å². The van der Waals surface area contributed by atoms with Crippen LogP contribution in [0.3, 0.4) is 0 Å². The molecule has 0 saturated heterocycles. The zero-order valence-corrected chi connectivity index (χ0v) is 12.7. The van der Waals surface area contributed by atoms with Crippen molar-refractivity contribution in [1.82, 2.24) is 4.98 Å². The average Bonchev–Trinajstić information content (AvgIpc) is 2.88. The highest BCUT2D eigenvalue weighted by molar-refractivity contribution is 6.00. The first-order valence-corrected chi connectivity index (χ1v) is 7.46. The molecule has 4 heteroatoms. The molecule has 2 aromatic carbocycles. The van der Waals surface area contributed by atoms with E-state index in [9.17, 15) is 14.7 Å². The van der Waals surface area contributed by atoms with Crippen molar-refractivity contribution in [3.63, 3.8) is 0 Å². The van der Waals surface area contributed by atoms with Crippen molar-refractivity contribution in [2.24, 2.45) is 0 Å². The third kappa shape index (κ3) is 2.88. The Kier molecular flexibility index (Phi) is 3.98. The minimum atomic E-state index is -0.984. The van der Waals surface area contributed by atoms with E-state index in [2.05, 4.69) is 4.98 Å². The summed E-state index contributed by atoms with van der Waals surface area (Å²) in [6, 6.07) is 16.4. The van der Waals surface area contributed by atoms with Crippen molar-refractivity contribution in [1.29, 1.82) is 0 Å². The summed E-state index contributed by atoms with van der Waals surface area (Å²) in [6.07, 6.45) is -0.0535. The summed E-state index contributed by atoms with van der Waals surface area (Å²) in [5.74, 6) is -2.01. The number of rotatable bonds is 5. The summed E-state index contributed by atoms with van der Waals surface area (Å²) in [4.78, 5) is 27.4. The van der Waals surface area contributed by atoms with Crippen molar-refractivity contribution >= 4 is 22.7 Å². The van der Waals surface area contributed by atoms with Gasteiger partial charge in [-0.15, -0.1) is 0 Å². The molecule has 0 aliphatic rings. The lowest BCUT2D eigenvalue weighted by Crippen LogP contribution is -2.17. The Hall–Kier alpha value is -2.88. The molecule has 0 bridgehead atoms. The Labute approximate surface area is 133 Å². The first-order valence-electron chi connectivity index (χ1n) is 7.46. The monoisotopic (exact) mass is 307 g/mol. The molecular weight excluding hydrogens is 290 g/mol. The van der Waals surface area contributed by atoms with Gasteiger partial charge in [-0.2, -0.15) is 0 Å². The first-order chi connectivity index (χ1) is 11.1. The van der Waals surface area contributed by atoms with Crippen LogP contribution in [0.4, 0.5) is 0 Å². The molecule has 4 nitrogen and oxygen atoms in total. The minimum absolute atomic E-state index is 0.0535. The summed E-state index contributed by atoms with van der Waals surface area (Å²) in [5.41, 5.74) is 2.91. The van der Waals surface area contributed by atoms with Gasteiger partial charge < -0.3 is 10.1 Å². The van der Waals surface area contributed by atoms with Gasteiger partial charge in [-0.05, 0) is 18.6 Å². The molecule has 23 heavy (non-hydrogen) atoms. The van der Waals surface area contributed by atoms with Crippen LogP contribution in [0.2, 0.25) is 0 Å². The average molecular weight is 307 g/mol. The summed E-state index contributed by atoms with van der Waals surface area (Å²) in [5, 5.41) is 10.5. The fourth-order valence-corrected chi connectivity index (χ4v) is 2.99. The number of aromatic amines is 1. The number of aliphatic carboxylic acids is 1. The molecule has 0 amide bonds. The summed E-state index contributed by atoms with van der Waals surface area (Å²) in [7, 11) is 0. The number of carboxylic acid groups (broad SMARTS) is 1. The highest BCUT2D eigenvalue weighted by Crippen LogP contribution is 2.32. The third-order valence-corrected chi connectivity index (χ3v) is 4.08. The summed E-state index contributed by atoms with van der Waals surface area (Å²) >= 11 is 0. The number of aromatic nitrogens is 1. The molecule has 1 unspecified atom stereocenters. The number of carbonyl (C=O) groups is 2. The second kappa shape index (κ2) is 6.08. The first kappa shape index (κ1) is 15.0. The molecule has 0 spiro atoms. The zero-order chi connectivity index (χ0) is 16.4. The fourth-order valence-electron chi connectivity index (χ4n) is 2.99. The quantitative estimate of drug-likeness (QED) is 0.702. The molecule has 1 heterocycles. The predicted octanol–water partition coefficient (Wildman–Crippen LogP) is 3.92. The molecule has 0 aliphatic heterocycles. The Morgan fingerprint density at radius 1 is 1.04 bits per heavy atom. The maximum atomic E-state index is 12.4. The fraction of sp³-hybridized carbons (Fsp3) is 0.158. The van der Waals surface area contributed by atoms with Gasteiger partial charge in [0.2, 0.25) is 0 Å². The van der Waals surface area contributed by atoms with E-state index in [0.29, 0.717) is 11.1 Å². The number of aryl methyl sites for hydroxylation is 1. The number of nitrogens with one attached hydrogen (secondary N) is 1. The van der Waals surface area contributed by atoms with Crippen LogP contribution in [-0.4, -0.2) is 21.8 Å². The van der Waals surface area contributed by atoms with Gasteiger partial charge in [-0.1, -0.05) is 48.5 Å². The number of carbonyl (C=O) groups excluding carboxylic acids is 1. The van der Waals surface area contributed by atoms with Gasteiger partial charge in [0.25, 0.3) is 0 Å². The van der Waals surface area contributed by atoms with E-state index in [-0.39, 0.29) is 12.2 Å². The van der Waals surface area contributed by atoms with E-state index < -0.39 is 11.9 Å². The topological polar surface area (TPSA) is 70.2 Å². The second-order valence-corrected chi connectivity index (χ2v) is 5.59. The lowest BCUT2D eigenvalue weighted by Gasteiger charge is -2.12. The second-order valence-electron chi connectivity index (χ2n) is 5.59. The van der Waals surface area contributed by atoms with Crippen molar-refractivity contribution < 1.29 is 14.7 Å². The largest absolute Gasteiger partial charge is 0.481 e. The Bertz CT molecular complexity index is 865. The van der Waals surface area contributed by atoms with Crippen LogP contribution in [0.1, 0.15) is 34.0 Å². The number of fused-ring (bicyclic) bond motifs is 1. The minimum Gasteiger partial charge on any atom is -0.481 e. The number of Topliss-reactive ketones (excluding diaryl/α,β-unsaturated/α-hetero) is 1. The van der Waals surface area contributed by atoms with Crippen LogP contribution in [0.15, 0.2) is 54.6 Å². The van der Waals surface area contributed by atoms with E-state index in [4.69, 9.17) is 0 Å². The highest BCUT2D eigenvalue weighted by atomic mass is 16.4. The number of hydrogen-bond acceptors (Lipinski definition) is 2. The number of hydrogen-bond donors (Lipinski definition) is 2. The number of carboxylic acids is 1. The number of ketones is 1. The van der Waals surface area contributed by atoms with Crippen molar-refractivity contribution in [2.45, 2.75) is 19.3 Å². The number of benzene rings is 2. The highest BCUT2D eigenvalue weighted by Gasteiger charge is 2.28. The van der Waals surface area contributed by atoms with Gasteiger partial charge in [0.15, 0.2) is 5.78 Å². The Balaban J connectivity index is 2.00. The molecular formula is C19H17NO3. The van der Waals surface area contributed by atoms with Crippen molar-refractivity contribution in [3.8, 4) is 0 Å². The molecule has 0 aliphatic carbocycles. The van der Waals surface area contributed by atoms with Gasteiger partial charge >= 0.3 is 5.97 Å². The maximum Gasteiger partial charge on any atom is 0.311 e. The molecule has 1 atom stereocenters. The lowest BCUT2D eigenvalue weighted by molar-refractivity contribution is -0.138. The molecule has 116 valence electrons. The van der Waals surface area contributed by atoms with E-state index in [1.54, 1.807) is 24.3 Å². The van der Waals surface area contributed by atoms with E-state index in [0.717, 1.165) is 16.6 Å². The number of para-hydroxylation sites is 1. The van der Waals surface area contributed by atoms with Gasteiger partial charge in [-0.3, -0.25) is 9.59 Å². The third-order valence-electron chi connectivity index (χ3n) is 4.08. The van der Waals surface area contributed by atoms with Crippen molar-refractivity contribution in [2.75, 3.05) is 0 Å². The van der Waals surface area contributed by atoms with Crippen LogP contribution in [0, 0.1) is 6.92 Å². The molecule has 3 rings (SSSR count). The van der Waals surface area contributed by atoms with E-state index >= 15 is 0 Å². The summed E-state index contributed by atoms with van der Waals surface area (Å²) in [6.45, 7) is 1.85. The smallest absolute Gasteiger partial charge is 0.311 e. The standard InChI is InChI=1S/C19H17NO3/c1-12-18(14-9-5-6-10-16(14)20-12)15(19(22)23)11-17(21)13-7-3-2-4-8-13/h2-10,15,20H,11H2,1H3,(H,22,23). The molecule has 0 saturated carbocycles. The maximum absolute atomic E-state index is 12.4. The van der Waals surface area contributed by atoms with E-state index in [1.807, 2.05) is 37.3 Å². The summed E-state index contributed by atoms with van der Waals surface area (Å²) < 4.78 is 0. The van der Waals surface area contributed by atoms with Crippen LogP contribution in [-0.2, 0) is 4.79 Å². The van der Waals surface area contributed by atoms with Crippen LogP contribution >= 0.6 is 0 Å². The molecule has 3 aromatic rings. The lowest BCUT2D eigenvalue weighted by atomic mass is 9.89. The van der Waals surface area contributed by atoms with Crippen LogP contribution in [0.25, 0.3) is 10.9 Å². The predicted molar refractivity (Wildman–Crippen MR) is 88.8 cm³/mol. The van der Waals surface area contributed by atoms with E-state index in [1.165, 1.54) is 0 Å². The number of H-pyrrole nitrogens is 1. The van der Waals surface area contributed by atoms with Crippen LogP contribution in [0.5, 0.6) is 0 Å². The van der Waals surface area contributed by atoms with Gasteiger partial charge in [0.1, 0.15) is 0 Å². The zero-order valence-electron chi connectivity index (χ0n) is 12.7. The van der Waals surface area contributed by atoms with Gasteiger partial charge in [0.05, 0.1) is 5.92 Å². The van der Waals surface area contributed by atoms with Crippen molar-refractivity contribution in [3.05, 3.63) is 71.4 Å². The molecule has 0 radical (unpaired) electrons. The Morgan fingerprint density at radius 3 is 2.39 bits per heavy atom. The normalized spacial score (nSPS) is 12.2. The van der Waals surface area contributed by atoms with Gasteiger partial charge in [0, 0.05) is 28.6 Å². The van der Waals surface area contributed by atoms with Gasteiger partial charge in [-0.25, -0.2) is 0 Å². The molecule has 1 aromatic heterocycles. The molecule has 2 N–H and O–H groups in total. The SMILES string of the molecule is Cc1[nH]c2ccccc2c1C(CC(=O)c1ccccc1)C(=O)O.